The van der Waals surface area contributed by atoms with Crippen LogP contribution in [0.5, 0.6) is 0 Å². The summed E-state index contributed by atoms with van der Waals surface area (Å²) in [6.45, 7) is 2.67. The topological polar surface area (TPSA) is 101 Å². The van der Waals surface area contributed by atoms with Crippen molar-refractivity contribution in [2.45, 2.75) is 36.7 Å². The Hall–Kier alpha value is -0.930. The van der Waals surface area contributed by atoms with Crippen molar-refractivity contribution in [1.29, 1.82) is 0 Å². The molecule has 2 rings (SSSR count). The van der Waals surface area contributed by atoms with Gasteiger partial charge in [0, 0.05) is 23.2 Å². The predicted molar refractivity (Wildman–Crippen MR) is 86.2 cm³/mol. The molecule has 2 unspecified atom stereocenters. The Morgan fingerprint density at radius 2 is 2.14 bits per heavy atom. The van der Waals surface area contributed by atoms with Gasteiger partial charge in [0.25, 0.3) is 5.69 Å². The van der Waals surface area contributed by atoms with Crippen molar-refractivity contribution in [3.8, 4) is 0 Å². The zero-order valence-corrected chi connectivity index (χ0v) is 14.2. The maximum Gasteiger partial charge on any atom is 0.290 e. The highest BCUT2D eigenvalue weighted by Crippen LogP contribution is 2.27. The Morgan fingerprint density at radius 3 is 2.73 bits per heavy atom. The van der Waals surface area contributed by atoms with Crippen LogP contribution in [0.4, 0.5) is 5.69 Å². The monoisotopic (exact) mass is 369 g/mol. The van der Waals surface area contributed by atoms with Crippen LogP contribution in [0.15, 0.2) is 23.1 Å². The van der Waals surface area contributed by atoms with Crippen LogP contribution in [0.1, 0.15) is 19.8 Å². The van der Waals surface area contributed by atoms with Crippen molar-refractivity contribution in [3.63, 3.8) is 0 Å². The first-order valence-electron chi connectivity index (χ1n) is 6.49. The molecule has 2 atom stereocenters. The van der Waals surface area contributed by atoms with E-state index in [-0.39, 0.29) is 34.4 Å². The molecular formula is C12H17Cl2N3O4S. The molecule has 1 aromatic rings. The van der Waals surface area contributed by atoms with E-state index in [0.29, 0.717) is 19.4 Å². The summed E-state index contributed by atoms with van der Waals surface area (Å²) >= 11 is 5.69. The molecule has 0 radical (unpaired) electrons. The number of piperidine rings is 1. The fourth-order valence-corrected chi connectivity index (χ4v) is 3.98. The average Bonchev–Trinajstić information content (AvgIpc) is 2.37. The molecule has 0 aliphatic carbocycles. The number of hydrogen-bond acceptors (Lipinski definition) is 5. The largest absolute Gasteiger partial charge is 0.314 e. The van der Waals surface area contributed by atoms with E-state index in [4.69, 9.17) is 11.6 Å². The van der Waals surface area contributed by atoms with E-state index in [1.807, 2.05) is 6.92 Å². The normalized spacial score (nSPS) is 21.9. The molecule has 1 aliphatic heterocycles. The molecule has 0 aromatic heterocycles. The molecule has 10 heteroatoms. The van der Waals surface area contributed by atoms with E-state index < -0.39 is 20.6 Å². The third-order valence-corrected chi connectivity index (χ3v) is 5.16. The van der Waals surface area contributed by atoms with Gasteiger partial charge in [-0.3, -0.25) is 10.1 Å². The smallest absolute Gasteiger partial charge is 0.290 e. The summed E-state index contributed by atoms with van der Waals surface area (Å²) in [5.41, 5.74) is -0.517. The summed E-state index contributed by atoms with van der Waals surface area (Å²) in [5, 5.41) is 14.3. The summed E-state index contributed by atoms with van der Waals surface area (Å²) in [6.07, 6.45) is 1.28. The Kier molecular flexibility index (Phi) is 6.57. The Balaban J connectivity index is 0.00000242. The zero-order chi connectivity index (χ0) is 15.6. The quantitative estimate of drug-likeness (QED) is 0.624. The lowest BCUT2D eigenvalue weighted by atomic mass is 10.0. The number of halogens is 2. The van der Waals surface area contributed by atoms with Crippen molar-refractivity contribution in [2.75, 3.05) is 6.54 Å². The molecule has 0 saturated carbocycles. The van der Waals surface area contributed by atoms with Gasteiger partial charge in [-0.2, -0.15) is 0 Å². The van der Waals surface area contributed by atoms with Crippen molar-refractivity contribution in [3.05, 3.63) is 33.3 Å². The first-order chi connectivity index (χ1) is 9.79. The second-order valence-electron chi connectivity index (χ2n) is 5.07. The van der Waals surface area contributed by atoms with Crippen LogP contribution in [-0.2, 0) is 10.0 Å². The van der Waals surface area contributed by atoms with Gasteiger partial charge in [-0.1, -0.05) is 11.6 Å². The summed E-state index contributed by atoms with van der Waals surface area (Å²) in [6, 6.07) is 3.50. The van der Waals surface area contributed by atoms with Crippen molar-refractivity contribution in [1.82, 2.24) is 10.0 Å². The molecule has 0 amide bonds. The molecule has 1 heterocycles. The molecule has 1 aromatic carbocycles. The Labute approximate surface area is 140 Å². The second-order valence-corrected chi connectivity index (χ2v) is 7.19. The molecule has 0 spiro atoms. The van der Waals surface area contributed by atoms with E-state index in [1.165, 1.54) is 6.07 Å². The van der Waals surface area contributed by atoms with E-state index in [0.717, 1.165) is 12.1 Å². The van der Waals surface area contributed by atoms with Gasteiger partial charge >= 0.3 is 0 Å². The molecule has 2 N–H and O–H groups in total. The summed E-state index contributed by atoms with van der Waals surface area (Å²) in [4.78, 5) is 9.91. The molecule has 1 saturated heterocycles. The predicted octanol–water partition coefficient (Wildman–Crippen LogP) is 2.09. The first kappa shape index (κ1) is 19.1. The number of nitrogens with zero attached hydrogens (tertiary/aromatic N) is 1. The maximum absolute atomic E-state index is 12.4. The van der Waals surface area contributed by atoms with E-state index in [1.54, 1.807) is 0 Å². The number of rotatable bonds is 4. The third kappa shape index (κ3) is 4.53. The summed E-state index contributed by atoms with van der Waals surface area (Å²) in [5.74, 6) is 0. The van der Waals surface area contributed by atoms with Crippen LogP contribution in [0.3, 0.4) is 0 Å². The van der Waals surface area contributed by atoms with E-state index in [2.05, 4.69) is 10.0 Å². The highest BCUT2D eigenvalue weighted by molar-refractivity contribution is 7.89. The summed E-state index contributed by atoms with van der Waals surface area (Å²) in [7, 11) is -3.95. The maximum atomic E-state index is 12.4. The van der Waals surface area contributed by atoms with Gasteiger partial charge in [0.2, 0.25) is 10.0 Å². The highest BCUT2D eigenvalue weighted by Gasteiger charge is 2.29. The zero-order valence-electron chi connectivity index (χ0n) is 11.8. The van der Waals surface area contributed by atoms with Gasteiger partial charge < -0.3 is 5.32 Å². The number of nitrogens with one attached hydrogen (secondary N) is 2. The Bertz CT molecular complexity index is 654. The van der Waals surface area contributed by atoms with Crippen LogP contribution in [0.2, 0.25) is 5.02 Å². The standard InChI is InChI=1S/C12H16ClN3O4S.ClH/c1-8-6-10(4-5-14-8)15-21(19,20)12-3-2-9(13)7-11(12)16(17)18;/h2-3,7-8,10,14-15H,4-6H2,1H3;1H. The van der Waals surface area contributed by atoms with Crippen LogP contribution < -0.4 is 10.0 Å². The number of nitro benzene ring substituents is 1. The number of nitro groups is 1. The minimum atomic E-state index is -3.95. The van der Waals surface area contributed by atoms with Gasteiger partial charge in [-0.05, 0) is 38.4 Å². The minimum Gasteiger partial charge on any atom is -0.314 e. The van der Waals surface area contributed by atoms with Gasteiger partial charge in [0.15, 0.2) is 4.90 Å². The highest BCUT2D eigenvalue weighted by atomic mass is 35.5. The van der Waals surface area contributed by atoms with Crippen LogP contribution in [0.25, 0.3) is 0 Å². The molecule has 1 fully saturated rings. The van der Waals surface area contributed by atoms with E-state index >= 15 is 0 Å². The summed E-state index contributed by atoms with van der Waals surface area (Å²) < 4.78 is 27.3. The van der Waals surface area contributed by atoms with Crippen molar-refractivity contribution < 1.29 is 13.3 Å². The van der Waals surface area contributed by atoms with Gasteiger partial charge in [0.05, 0.1) is 4.92 Å². The van der Waals surface area contributed by atoms with Gasteiger partial charge in [0.1, 0.15) is 0 Å². The molecule has 7 nitrogen and oxygen atoms in total. The number of sulfonamides is 1. The lowest BCUT2D eigenvalue weighted by molar-refractivity contribution is -0.387. The van der Waals surface area contributed by atoms with Crippen LogP contribution in [0, 0.1) is 10.1 Å². The third-order valence-electron chi connectivity index (χ3n) is 3.35. The lowest BCUT2D eigenvalue weighted by Crippen LogP contribution is -2.46. The number of hydrogen-bond donors (Lipinski definition) is 2. The Morgan fingerprint density at radius 1 is 1.45 bits per heavy atom. The van der Waals surface area contributed by atoms with Gasteiger partial charge in [-0.15, -0.1) is 12.4 Å². The first-order valence-corrected chi connectivity index (χ1v) is 8.35. The van der Waals surface area contributed by atoms with Crippen molar-refractivity contribution >= 4 is 39.7 Å². The lowest BCUT2D eigenvalue weighted by Gasteiger charge is -2.28. The van der Waals surface area contributed by atoms with E-state index in [9.17, 15) is 18.5 Å². The van der Waals surface area contributed by atoms with Crippen LogP contribution >= 0.6 is 24.0 Å². The van der Waals surface area contributed by atoms with Crippen molar-refractivity contribution in [2.24, 2.45) is 0 Å². The molecule has 124 valence electrons. The second kappa shape index (κ2) is 7.56. The minimum absolute atomic E-state index is 0. The fraction of sp³-hybridized carbons (Fsp3) is 0.500. The molecule has 22 heavy (non-hydrogen) atoms. The van der Waals surface area contributed by atoms with Crippen LogP contribution in [-0.4, -0.2) is 32.0 Å². The SMILES string of the molecule is CC1CC(NS(=O)(=O)c2ccc(Cl)cc2[N+](=O)[O-])CCN1.Cl. The average molecular weight is 370 g/mol. The molecule has 1 aliphatic rings. The van der Waals surface area contributed by atoms with Gasteiger partial charge in [-0.25, -0.2) is 13.1 Å². The fourth-order valence-electron chi connectivity index (χ4n) is 2.38. The molecular weight excluding hydrogens is 353 g/mol. The molecule has 0 bridgehead atoms. The number of benzene rings is 1.